The summed E-state index contributed by atoms with van der Waals surface area (Å²) in [5.74, 6) is 0. The van der Waals surface area contributed by atoms with Gasteiger partial charge in [-0.05, 0) is 6.08 Å². The summed E-state index contributed by atoms with van der Waals surface area (Å²) >= 11 is 1.51. The Morgan fingerprint density at radius 3 is 2.93 bits per heavy atom. The van der Waals surface area contributed by atoms with E-state index in [1.54, 1.807) is 18.3 Å². The lowest BCUT2D eigenvalue weighted by Gasteiger charge is -1.80. The number of rotatable bonds is 1. The van der Waals surface area contributed by atoms with E-state index in [-0.39, 0.29) is 5.57 Å². The lowest BCUT2D eigenvalue weighted by molar-refractivity contribution is 1.23. The Bertz CT molecular complexity index is 531. The number of thiazole rings is 1. The van der Waals surface area contributed by atoms with E-state index in [1.807, 2.05) is 16.0 Å². The number of nitrogens with zero attached hydrogens (tertiary/aromatic N) is 4. The summed E-state index contributed by atoms with van der Waals surface area (Å²) in [6.45, 7) is 0. The molecular weight excluding hydrogens is 196 g/mol. The molecule has 0 aromatic carbocycles. The third-order valence-electron chi connectivity index (χ3n) is 1.65. The van der Waals surface area contributed by atoms with E-state index in [4.69, 9.17) is 10.5 Å². The van der Waals surface area contributed by atoms with Gasteiger partial charge in [-0.1, -0.05) is 0 Å². The van der Waals surface area contributed by atoms with Crippen molar-refractivity contribution in [2.45, 2.75) is 0 Å². The van der Waals surface area contributed by atoms with Crippen molar-refractivity contribution in [1.82, 2.24) is 9.38 Å². The molecule has 0 aliphatic rings. The lowest BCUT2D eigenvalue weighted by Crippen LogP contribution is -1.74. The average Bonchev–Trinajstić information content (AvgIpc) is 2.73. The number of hydrogen-bond acceptors (Lipinski definition) is 4. The number of aromatic nitrogens is 2. The summed E-state index contributed by atoms with van der Waals surface area (Å²) in [6.07, 6.45) is 5.13. The molecule has 0 N–H and O–H groups in total. The highest BCUT2D eigenvalue weighted by atomic mass is 32.1. The molecule has 2 rings (SSSR count). The van der Waals surface area contributed by atoms with Crippen molar-refractivity contribution in [3.8, 4) is 12.1 Å². The largest absolute Gasteiger partial charge is 0.297 e. The highest BCUT2D eigenvalue weighted by Gasteiger charge is 2.01. The first-order chi connectivity index (χ1) is 6.83. The quantitative estimate of drug-likeness (QED) is 0.659. The van der Waals surface area contributed by atoms with Gasteiger partial charge < -0.3 is 0 Å². The summed E-state index contributed by atoms with van der Waals surface area (Å²) in [4.78, 5) is 5.06. The Labute approximate surface area is 84.0 Å². The maximum atomic E-state index is 8.54. The van der Waals surface area contributed by atoms with Crippen molar-refractivity contribution >= 4 is 22.4 Å². The molecule has 0 saturated heterocycles. The van der Waals surface area contributed by atoms with Crippen molar-refractivity contribution < 1.29 is 0 Å². The van der Waals surface area contributed by atoms with E-state index in [0.29, 0.717) is 5.69 Å². The standard InChI is InChI=1S/C9H4N4S/c10-4-7(5-11)3-8-6-13-1-2-14-9(13)12-8/h1-3,6H. The van der Waals surface area contributed by atoms with Gasteiger partial charge in [-0.3, -0.25) is 4.40 Å². The van der Waals surface area contributed by atoms with E-state index >= 15 is 0 Å². The molecule has 0 aliphatic carbocycles. The molecule has 2 aromatic rings. The van der Waals surface area contributed by atoms with Crippen LogP contribution in [0, 0.1) is 22.7 Å². The molecule has 0 amide bonds. The molecular formula is C9H4N4S. The first kappa shape index (κ1) is 8.49. The van der Waals surface area contributed by atoms with E-state index in [9.17, 15) is 0 Å². The van der Waals surface area contributed by atoms with Crippen LogP contribution in [-0.4, -0.2) is 9.38 Å². The number of hydrogen-bond donors (Lipinski definition) is 0. The fourth-order valence-electron chi connectivity index (χ4n) is 1.05. The van der Waals surface area contributed by atoms with E-state index in [1.165, 1.54) is 17.4 Å². The van der Waals surface area contributed by atoms with Crippen LogP contribution in [0.3, 0.4) is 0 Å². The SMILES string of the molecule is N#CC(C#N)=Cc1cn2ccsc2n1. The topological polar surface area (TPSA) is 64.9 Å². The Hall–Kier alpha value is -2.11. The van der Waals surface area contributed by atoms with Gasteiger partial charge in [-0.15, -0.1) is 11.3 Å². The van der Waals surface area contributed by atoms with E-state index in [0.717, 1.165) is 4.96 Å². The normalized spacial score (nSPS) is 9.29. The van der Waals surface area contributed by atoms with Gasteiger partial charge in [0.15, 0.2) is 4.96 Å². The van der Waals surface area contributed by atoms with Gasteiger partial charge in [0.2, 0.25) is 0 Å². The van der Waals surface area contributed by atoms with Crippen molar-refractivity contribution in [2.24, 2.45) is 0 Å². The lowest BCUT2D eigenvalue weighted by atomic mass is 10.3. The van der Waals surface area contributed by atoms with E-state index < -0.39 is 0 Å². The fourth-order valence-corrected chi connectivity index (χ4v) is 1.76. The van der Waals surface area contributed by atoms with Crippen LogP contribution in [0.15, 0.2) is 23.3 Å². The van der Waals surface area contributed by atoms with Crippen LogP contribution >= 0.6 is 11.3 Å². The third-order valence-corrected chi connectivity index (χ3v) is 2.42. The molecule has 2 aromatic heterocycles. The van der Waals surface area contributed by atoms with Crippen LogP contribution in [-0.2, 0) is 0 Å². The number of nitriles is 2. The number of fused-ring (bicyclic) bond motifs is 1. The predicted octanol–water partition coefficient (Wildman–Crippen LogP) is 1.83. The number of allylic oxidation sites excluding steroid dienone is 1. The highest BCUT2D eigenvalue weighted by Crippen LogP contribution is 2.13. The Morgan fingerprint density at radius 1 is 1.50 bits per heavy atom. The van der Waals surface area contributed by atoms with Crippen LogP contribution in [0.5, 0.6) is 0 Å². The molecule has 0 fully saturated rings. The van der Waals surface area contributed by atoms with Gasteiger partial charge in [-0.2, -0.15) is 10.5 Å². The molecule has 0 unspecified atom stereocenters. The molecule has 0 spiro atoms. The van der Waals surface area contributed by atoms with Crippen LogP contribution in [0.2, 0.25) is 0 Å². The molecule has 0 saturated carbocycles. The minimum Gasteiger partial charge on any atom is -0.297 e. The summed E-state index contributed by atoms with van der Waals surface area (Å²) in [5.41, 5.74) is 0.700. The molecule has 0 atom stereocenters. The second-order valence-electron chi connectivity index (χ2n) is 2.54. The van der Waals surface area contributed by atoms with Crippen LogP contribution in [0.4, 0.5) is 0 Å². The minimum absolute atomic E-state index is 0.0655. The monoisotopic (exact) mass is 200 g/mol. The maximum absolute atomic E-state index is 8.54. The first-order valence-corrected chi connectivity index (χ1v) is 4.65. The van der Waals surface area contributed by atoms with Gasteiger partial charge >= 0.3 is 0 Å². The average molecular weight is 200 g/mol. The van der Waals surface area contributed by atoms with Crippen molar-refractivity contribution in [3.63, 3.8) is 0 Å². The second-order valence-corrected chi connectivity index (χ2v) is 3.41. The molecule has 66 valence electrons. The highest BCUT2D eigenvalue weighted by molar-refractivity contribution is 7.15. The molecule has 0 aliphatic heterocycles. The summed E-state index contributed by atoms with van der Waals surface area (Å²) in [5, 5.41) is 19.0. The van der Waals surface area contributed by atoms with Crippen LogP contribution in [0.25, 0.3) is 11.0 Å². The third kappa shape index (κ3) is 1.37. The van der Waals surface area contributed by atoms with Crippen molar-refractivity contribution in [2.75, 3.05) is 0 Å². The number of imidazole rings is 1. The molecule has 2 heterocycles. The molecule has 4 nitrogen and oxygen atoms in total. The Kier molecular flexibility index (Phi) is 2.02. The first-order valence-electron chi connectivity index (χ1n) is 3.77. The van der Waals surface area contributed by atoms with Gasteiger partial charge in [0, 0.05) is 17.8 Å². The molecule has 5 heteroatoms. The Balaban J connectivity index is 2.47. The zero-order valence-corrected chi connectivity index (χ0v) is 7.82. The smallest absolute Gasteiger partial charge is 0.194 e. The summed E-state index contributed by atoms with van der Waals surface area (Å²) < 4.78 is 1.85. The van der Waals surface area contributed by atoms with Gasteiger partial charge in [0.05, 0.1) is 5.69 Å². The van der Waals surface area contributed by atoms with Gasteiger partial charge in [-0.25, -0.2) is 4.98 Å². The van der Waals surface area contributed by atoms with Crippen LogP contribution < -0.4 is 0 Å². The maximum Gasteiger partial charge on any atom is 0.194 e. The minimum atomic E-state index is 0.0655. The fraction of sp³-hybridized carbons (Fsp3) is 0. The van der Waals surface area contributed by atoms with E-state index in [2.05, 4.69) is 4.98 Å². The summed E-state index contributed by atoms with van der Waals surface area (Å²) in [7, 11) is 0. The second kappa shape index (κ2) is 3.33. The van der Waals surface area contributed by atoms with Crippen molar-refractivity contribution in [1.29, 1.82) is 10.5 Å². The summed E-state index contributed by atoms with van der Waals surface area (Å²) in [6, 6.07) is 3.58. The van der Waals surface area contributed by atoms with Gasteiger partial charge in [0.25, 0.3) is 0 Å². The van der Waals surface area contributed by atoms with Crippen molar-refractivity contribution in [3.05, 3.63) is 29.0 Å². The van der Waals surface area contributed by atoms with Gasteiger partial charge in [0.1, 0.15) is 17.7 Å². The molecule has 0 bridgehead atoms. The molecule has 0 radical (unpaired) electrons. The Morgan fingerprint density at radius 2 is 2.29 bits per heavy atom. The predicted molar refractivity (Wildman–Crippen MR) is 52.3 cm³/mol. The van der Waals surface area contributed by atoms with Crippen LogP contribution in [0.1, 0.15) is 5.69 Å². The zero-order valence-electron chi connectivity index (χ0n) is 7.01. The molecule has 14 heavy (non-hydrogen) atoms. The zero-order chi connectivity index (χ0) is 9.97.